The zero-order valence-electron chi connectivity index (χ0n) is 15.1. The second-order valence-electron chi connectivity index (χ2n) is 5.86. The number of hydrogen-bond donors (Lipinski definition) is 2. The van der Waals surface area contributed by atoms with Crippen LogP contribution >= 0.6 is 0 Å². The van der Waals surface area contributed by atoms with Gasteiger partial charge in [-0.1, -0.05) is 19.9 Å². The van der Waals surface area contributed by atoms with Crippen molar-refractivity contribution in [1.82, 2.24) is 4.31 Å². The highest BCUT2D eigenvalue weighted by Crippen LogP contribution is 2.38. The summed E-state index contributed by atoms with van der Waals surface area (Å²) >= 11 is 0. The summed E-state index contributed by atoms with van der Waals surface area (Å²) in [4.78, 5) is 12.7. The van der Waals surface area contributed by atoms with Gasteiger partial charge in [-0.2, -0.15) is 4.31 Å². The first kappa shape index (κ1) is 19.0. The summed E-state index contributed by atoms with van der Waals surface area (Å²) in [6, 6.07) is 9.05. The van der Waals surface area contributed by atoms with E-state index in [1.165, 1.54) is 22.5 Å². The number of fused-ring (bicyclic) bond motifs is 1. The maximum Gasteiger partial charge on any atom is 0.255 e. The number of anilines is 2. The fourth-order valence-corrected chi connectivity index (χ4v) is 4.28. The molecule has 3 N–H and O–H groups in total. The Morgan fingerprint density at radius 1 is 1.15 bits per heavy atom. The fourth-order valence-electron chi connectivity index (χ4n) is 2.77. The second kappa shape index (κ2) is 7.45. The van der Waals surface area contributed by atoms with Crippen LogP contribution in [0, 0.1) is 0 Å². The van der Waals surface area contributed by atoms with Crippen LogP contribution in [0.2, 0.25) is 0 Å². The van der Waals surface area contributed by atoms with Gasteiger partial charge in [0.15, 0.2) is 11.5 Å². The van der Waals surface area contributed by atoms with Crippen LogP contribution in [-0.4, -0.2) is 38.5 Å². The first-order valence-electron chi connectivity index (χ1n) is 8.47. The molecule has 0 radical (unpaired) electrons. The second-order valence-corrected chi connectivity index (χ2v) is 7.80. The normalized spacial score (nSPS) is 13.0. The van der Waals surface area contributed by atoms with Gasteiger partial charge in [-0.3, -0.25) is 4.79 Å². The van der Waals surface area contributed by atoms with Gasteiger partial charge in [-0.05, 0) is 18.2 Å². The molecular formula is C18H21N3O5S. The summed E-state index contributed by atoms with van der Waals surface area (Å²) in [6.07, 6.45) is 0. The molecule has 1 amide bonds. The molecule has 0 saturated carbocycles. The highest BCUT2D eigenvalue weighted by molar-refractivity contribution is 7.89. The van der Waals surface area contributed by atoms with Gasteiger partial charge in [-0.15, -0.1) is 0 Å². The molecule has 1 aliphatic rings. The lowest BCUT2D eigenvalue weighted by Crippen LogP contribution is -2.30. The predicted molar refractivity (Wildman–Crippen MR) is 101 cm³/mol. The Morgan fingerprint density at radius 2 is 1.81 bits per heavy atom. The smallest absolute Gasteiger partial charge is 0.255 e. The van der Waals surface area contributed by atoms with Crippen LogP contribution in [0.4, 0.5) is 11.4 Å². The van der Waals surface area contributed by atoms with Gasteiger partial charge in [0.25, 0.3) is 5.91 Å². The van der Waals surface area contributed by atoms with Crippen molar-refractivity contribution in [3.05, 3.63) is 42.0 Å². The topological polar surface area (TPSA) is 111 Å². The van der Waals surface area contributed by atoms with E-state index in [2.05, 4.69) is 5.32 Å². The van der Waals surface area contributed by atoms with Crippen molar-refractivity contribution in [2.24, 2.45) is 0 Å². The van der Waals surface area contributed by atoms with Gasteiger partial charge < -0.3 is 20.5 Å². The van der Waals surface area contributed by atoms with E-state index in [0.29, 0.717) is 36.0 Å². The van der Waals surface area contributed by atoms with Gasteiger partial charge >= 0.3 is 0 Å². The lowest BCUT2D eigenvalue weighted by molar-refractivity contribution is 0.102. The third-order valence-electron chi connectivity index (χ3n) is 4.23. The molecule has 9 heteroatoms. The molecule has 8 nitrogen and oxygen atoms in total. The van der Waals surface area contributed by atoms with Crippen molar-refractivity contribution in [1.29, 1.82) is 0 Å². The van der Waals surface area contributed by atoms with Gasteiger partial charge in [0.05, 0.1) is 16.3 Å². The molecule has 144 valence electrons. The largest absolute Gasteiger partial charge is 0.454 e. The van der Waals surface area contributed by atoms with Gasteiger partial charge in [0.2, 0.25) is 16.8 Å². The van der Waals surface area contributed by atoms with E-state index in [4.69, 9.17) is 15.2 Å². The molecule has 3 rings (SSSR count). The van der Waals surface area contributed by atoms with E-state index < -0.39 is 15.9 Å². The number of nitrogen functional groups attached to an aromatic ring is 1. The highest BCUT2D eigenvalue weighted by atomic mass is 32.2. The van der Waals surface area contributed by atoms with Crippen LogP contribution in [0.5, 0.6) is 11.5 Å². The van der Waals surface area contributed by atoms with Crippen molar-refractivity contribution < 1.29 is 22.7 Å². The number of carbonyl (C=O) groups is 1. The summed E-state index contributed by atoms with van der Waals surface area (Å²) in [7, 11) is -3.65. The lowest BCUT2D eigenvalue weighted by Gasteiger charge is -2.18. The molecule has 0 fully saturated rings. The molecule has 2 aromatic carbocycles. The van der Waals surface area contributed by atoms with Crippen LogP contribution in [0.3, 0.4) is 0 Å². The predicted octanol–water partition coefficient (Wildman–Crippen LogP) is 2.28. The number of hydrogen-bond acceptors (Lipinski definition) is 6. The molecule has 0 spiro atoms. The third kappa shape index (κ3) is 3.69. The Balaban J connectivity index is 1.87. The number of rotatable bonds is 6. The maximum absolute atomic E-state index is 12.7. The van der Waals surface area contributed by atoms with E-state index >= 15 is 0 Å². The summed E-state index contributed by atoms with van der Waals surface area (Å²) < 4.78 is 37.2. The number of nitrogens with one attached hydrogen (secondary N) is 1. The summed E-state index contributed by atoms with van der Waals surface area (Å²) in [5.74, 6) is 0.521. The first-order chi connectivity index (χ1) is 12.9. The zero-order valence-corrected chi connectivity index (χ0v) is 15.9. The van der Waals surface area contributed by atoms with E-state index in [0.717, 1.165) is 0 Å². The Morgan fingerprint density at radius 3 is 2.48 bits per heavy atom. The lowest BCUT2D eigenvalue weighted by atomic mass is 10.2. The van der Waals surface area contributed by atoms with Crippen LogP contribution < -0.4 is 20.5 Å². The quantitative estimate of drug-likeness (QED) is 0.731. The van der Waals surface area contributed by atoms with Gasteiger partial charge in [0, 0.05) is 30.8 Å². The monoisotopic (exact) mass is 391 g/mol. The summed E-state index contributed by atoms with van der Waals surface area (Å²) in [5.41, 5.74) is 6.83. The number of sulfonamides is 1. The number of nitrogens with zero attached hydrogens (tertiary/aromatic N) is 1. The molecule has 2 aromatic rings. The third-order valence-corrected chi connectivity index (χ3v) is 6.28. The number of amides is 1. The number of carbonyl (C=O) groups excluding carboxylic acids is 1. The van der Waals surface area contributed by atoms with Gasteiger partial charge in [0.1, 0.15) is 0 Å². The zero-order chi connectivity index (χ0) is 19.6. The highest BCUT2D eigenvalue weighted by Gasteiger charge is 2.23. The Kier molecular flexibility index (Phi) is 5.24. The van der Waals surface area contributed by atoms with Crippen LogP contribution in [-0.2, 0) is 10.0 Å². The van der Waals surface area contributed by atoms with Crippen LogP contribution in [0.25, 0.3) is 0 Å². The maximum atomic E-state index is 12.7. The minimum absolute atomic E-state index is 0.0671. The van der Waals surface area contributed by atoms with E-state index in [1.807, 2.05) is 0 Å². The number of ether oxygens (including phenoxy) is 2. The van der Waals surface area contributed by atoms with E-state index in [-0.39, 0.29) is 17.3 Å². The minimum atomic E-state index is -3.65. The Bertz CT molecular complexity index is 971. The van der Waals surface area contributed by atoms with Crippen molar-refractivity contribution in [2.45, 2.75) is 18.7 Å². The average molecular weight is 391 g/mol. The SMILES string of the molecule is CCN(CC)S(=O)(=O)c1cccc(C(=O)Nc2cc3c(cc2N)OCO3)c1. The fraction of sp³-hybridized carbons (Fsp3) is 0.278. The molecule has 27 heavy (non-hydrogen) atoms. The number of nitrogens with two attached hydrogens (primary N) is 1. The first-order valence-corrected chi connectivity index (χ1v) is 9.91. The molecule has 0 aromatic heterocycles. The number of benzene rings is 2. The minimum Gasteiger partial charge on any atom is -0.454 e. The molecular weight excluding hydrogens is 370 g/mol. The van der Waals surface area contributed by atoms with Crippen LogP contribution in [0.15, 0.2) is 41.3 Å². The Hall–Kier alpha value is -2.78. The summed E-state index contributed by atoms with van der Waals surface area (Å²) in [6.45, 7) is 4.32. The molecule has 0 saturated heterocycles. The van der Waals surface area contributed by atoms with Crippen molar-refractivity contribution in [3.8, 4) is 11.5 Å². The van der Waals surface area contributed by atoms with Crippen molar-refractivity contribution in [3.63, 3.8) is 0 Å². The molecule has 0 bridgehead atoms. The van der Waals surface area contributed by atoms with Crippen LogP contribution in [0.1, 0.15) is 24.2 Å². The molecule has 0 unspecified atom stereocenters. The van der Waals surface area contributed by atoms with Crippen molar-refractivity contribution >= 4 is 27.3 Å². The molecule has 0 aliphatic carbocycles. The summed E-state index contributed by atoms with van der Waals surface area (Å²) in [5, 5.41) is 2.68. The molecule has 1 heterocycles. The Labute approximate surface area is 157 Å². The van der Waals surface area contributed by atoms with Crippen molar-refractivity contribution in [2.75, 3.05) is 30.9 Å². The average Bonchev–Trinajstić information content (AvgIpc) is 3.10. The van der Waals surface area contributed by atoms with Gasteiger partial charge in [-0.25, -0.2) is 8.42 Å². The molecule has 1 aliphatic heterocycles. The van der Waals surface area contributed by atoms with E-state index in [1.54, 1.807) is 32.0 Å². The standard InChI is InChI=1S/C18H21N3O5S/c1-3-21(4-2)27(23,24)13-7-5-6-12(8-13)18(22)20-15-10-17-16(9-14(15)19)25-11-26-17/h5-10H,3-4,11,19H2,1-2H3,(H,20,22). The molecule has 0 atom stereocenters. The van der Waals surface area contributed by atoms with E-state index in [9.17, 15) is 13.2 Å².